The van der Waals surface area contributed by atoms with Crippen molar-refractivity contribution >= 4 is 0 Å². The summed E-state index contributed by atoms with van der Waals surface area (Å²) in [6.45, 7) is 4.39. The van der Waals surface area contributed by atoms with E-state index in [9.17, 15) is 0 Å². The predicted molar refractivity (Wildman–Crippen MR) is 82.3 cm³/mol. The van der Waals surface area contributed by atoms with E-state index in [0.717, 1.165) is 12.5 Å². The molecule has 2 rings (SSSR count). The molecule has 0 amide bonds. The minimum atomic E-state index is 0.269. The molecule has 2 fully saturated rings. The SMILES string of the molecule is CC1CCC(CN)(N(C)CC2(N(C)C)CCC2)CC1. The van der Waals surface area contributed by atoms with E-state index in [1.165, 1.54) is 51.5 Å². The maximum Gasteiger partial charge on any atom is 0.0330 e. The first-order valence-corrected chi connectivity index (χ1v) is 8.03. The molecule has 2 N–H and O–H groups in total. The van der Waals surface area contributed by atoms with Gasteiger partial charge in [-0.3, -0.25) is 4.90 Å². The summed E-state index contributed by atoms with van der Waals surface area (Å²) < 4.78 is 0. The lowest BCUT2D eigenvalue weighted by atomic mass is 9.72. The van der Waals surface area contributed by atoms with Crippen LogP contribution in [0.1, 0.15) is 51.9 Å². The molecule has 3 heteroatoms. The first-order chi connectivity index (χ1) is 8.94. The van der Waals surface area contributed by atoms with Crippen LogP contribution in [0.5, 0.6) is 0 Å². The number of hydrogen-bond acceptors (Lipinski definition) is 3. The van der Waals surface area contributed by atoms with Crippen molar-refractivity contribution < 1.29 is 0 Å². The normalized spacial score (nSPS) is 34.6. The van der Waals surface area contributed by atoms with Crippen molar-refractivity contribution in [1.82, 2.24) is 9.80 Å². The topological polar surface area (TPSA) is 32.5 Å². The van der Waals surface area contributed by atoms with Crippen molar-refractivity contribution in [3.05, 3.63) is 0 Å². The minimum absolute atomic E-state index is 0.269. The molecule has 112 valence electrons. The second kappa shape index (κ2) is 5.71. The standard InChI is InChI=1S/C16H33N3/c1-14-6-10-15(12-17,11-7-14)19(4)13-16(18(2)3)8-5-9-16/h14H,5-13,17H2,1-4H3. The lowest BCUT2D eigenvalue weighted by Gasteiger charge is -2.54. The van der Waals surface area contributed by atoms with Gasteiger partial charge in [0.2, 0.25) is 0 Å². The largest absolute Gasteiger partial charge is 0.329 e. The van der Waals surface area contributed by atoms with E-state index in [1.54, 1.807) is 0 Å². The van der Waals surface area contributed by atoms with Crippen LogP contribution < -0.4 is 5.73 Å². The Morgan fingerprint density at radius 3 is 1.95 bits per heavy atom. The Balaban J connectivity index is 2.02. The van der Waals surface area contributed by atoms with Gasteiger partial charge in [-0.15, -0.1) is 0 Å². The van der Waals surface area contributed by atoms with Crippen molar-refractivity contribution in [2.75, 3.05) is 34.2 Å². The predicted octanol–water partition coefficient (Wildman–Crippen LogP) is 2.31. The van der Waals surface area contributed by atoms with E-state index in [1.807, 2.05) is 0 Å². The van der Waals surface area contributed by atoms with Gasteiger partial charge >= 0.3 is 0 Å². The zero-order valence-electron chi connectivity index (χ0n) is 13.4. The van der Waals surface area contributed by atoms with E-state index < -0.39 is 0 Å². The van der Waals surface area contributed by atoms with Gasteiger partial charge in [0, 0.05) is 24.2 Å². The van der Waals surface area contributed by atoms with Crippen molar-refractivity contribution in [1.29, 1.82) is 0 Å². The summed E-state index contributed by atoms with van der Waals surface area (Å²) in [7, 11) is 6.79. The Morgan fingerprint density at radius 1 is 1.00 bits per heavy atom. The molecule has 3 nitrogen and oxygen atoms in total. The molecule has 0 aromatic rings. The monoisotopic (exact) mass is 267 g/mol. The Bertz CT molecular complexity index is 288. The first kappa shape index (κ1) is 15.3. The average Bonchev–Trinajstić information content (AvgIpc) is 2.34. The molecule has 0 aromatic heterocycles. The summed E-state index contributed by atoms with van der Waals surface area (Å²) in [6, 6.07) is 0. The third kappa shape index (κ3) is 2.84. The van der Waals surface area contributed by atoms with E-state index in [0.29, 0.717) is 5.54 Å². The van der Waals surface area contributed by atoms with Gasteiger partial charge in [-0.2, -0.15) is 0 Å². The molecule has 19 heavy (non-hydrogen) atoms. The quantitative estimate of drug-likeness (QED) is 0.829. The van der Waals surface area contributed by atoms with Gasteiger partial charge in [-0.1, -0.05) is 6.92 Å². The summed E-state index contributed by atoms with van der Waals surface area (Å²) in [5, 5.41) is 0. The molecule has 0 unspecified atom stereocenters. The van der Waals surface area contributed by atoms with Crippen LogP contribution in [-0.2, 0) is 0 Å². The fraction of sp³-hybridized carbons (Fsp3) is 1.00. The molecule has 0 atom stereocenters. The van der Waals surface area contributed by atoms with Gasteiger partial charge in [0.05, 0.1) is 0 Å². The Labute approximate surface area is 119 Å². The van der Waals surface area contributed by atoms with Crippen molar-refractivity contribution in [2.24, 2.45) is 11.7 Å². The lowest BCUT2D eigenvalue weighted by Crippen LogP contribution is -2.63. The van der Waals surface area contributed by atoms with E-state index in [2.05, 4.69) is 37.9 Å². The van der Waals surface area contributed by atoms with E-state index in [-0.39, 0.29) is 5.54 Å². The lowest BCUT2D eigenvalue weighted by molar-refractivity contribution is -0.0225. The number of nitrogens with two attached hydrogens (primary N) is 1. The smallest absolute Gasteiger partial charge is 0.0330 e. The van der Waals surface area contributed by atoms with Crippen LogP contribution >= 0.6 is 0 Å². The summed E-state index contributed by atoms with van der Waals surface area (Å²) in [5.74, 6) is 0.889. The average molecular weight is 267 g/mol. The number of nitrogens with zero attached hydrogens (tertiary/aromatic N) is 2. The Kier molecular flexibility index (Phi) is 4.59. The van der Waals surface area contributed by atoms with Crippen LogP contribution in [0.25, 0.3) is 0 Å². The fourth-order valence-electron chi connectivity index (χ4n) is 3.98. The fourth-order valence-corrected chi connectivity index (χ4v) is 3.98. The highest BCUT2D eigenvalue weighted by molar-refractivity contribution is 5.02. The van der Waals surface area contributed by atoms with Crippen molar-refractivity contribution in [2.45, 2.75) is 62.9 Å². The highest BCUT2D eigenvalue weighted by Gasteiger charge is 2.44. The third-order valence-electron chi connectivity index (χ3n) is 6.16. The van der Waals surface area contributed by atoms with Gasteiger partial charge in [0.1, 0.15) is 0 Å². The molecule has 0 aliphatic heterocycles. The number of hydrogen-bond donors (Lipinski definition) is 1. The van der Waals surface area contributed by atoms with Crippen LogP contribution in [0.2, 0.25) is 0 Å². The molecule has 2 aliphatic rings. The summed E-state index contributed by atoms with van der Waals surface area (Å²) in [6.07, 6.45) is 9.34. The molecular weight excluding hydrogens is 234 g/mol. The maximum absolute atomic E-state index is 6.18. The van der Waals surface area contributed by atoms with Gasteiger partial charge in [-0.05, 0) is 72.0 Å². The number of likely N-dealkylation sites (N-methyl/N-ethyl adjacent to an activating group) is 2. The molecule has 0 bridgehead atoms. The highest BCUT2D eigenvalue weighted by atomic mass is 15.3. The first-order valence-electron chi connectivity index (χ1n) is 8.03. The maximum atomic E-state index is 6.18. The molecule has 0 radical (unpaired) electrons. The third-order valence-corrected chi connectivity index (χ3v) is 6.16. The molecule has 0 aromatic carbocycles. The zero-order chi connectivity index (χ0) is 14.1. The number of rotatable bonds is 5. The molecule has 2 saturated carbocycles. The molecule has 0 saturated heterocycles. The van der Waals surface area contributed by atoms with Crippen LogP contribution in [0.4, 0.5) is 0 Å². The van der Waals surface area contributed by atoms with Crippen LogP contribution in [0, 0.1) is 5.92 Å². The van der Waals surface area contributed by atoms with Crippen LogP contribution in [0.15, 0.2) is 0 Å². The Morgan fingerprint density at radius 2 is 1.58 bits per heavy atom. The minimum Gasteiger partial charge on any atom is -0.329 e. The van der Waals surface area contributed by atoms with Gasteiger partial charge in [0.25, 0.3) is 0 Å². The summed E-state index contributed by atoms with van der Waals surface area (Å²) in [5.41, 5.74) is 6.87. The van der Waals surface area contributed by atoms with Gasteiger partial charge in [-0.25, -0.2) is 0 Å². The molecule has 0 heterocycles. The zero-order valence-corrected chi connectivity index (χ0v) is 13.4. The molecular formula is C16H33N3. The second-order valence-electron chi connectivity index (χ2n) is 7.44. The summed E-state index contributed by atoms with van der Waals surface area (Å²) in [4.78, 5) is 5.06. The van der Waals surface area contributed by atoms with Crippen molar-refractivity contribution in [3.8, 4) is 0 Å². The molecule has 2 aliphatic carbocycles. The summed E-state index contributed by atoms with van der Waals surface area (Å²) >= 11 is 0. The van der Waals surface area contributed by atoms with Crippen molar-refractivity contribution in [3.63, 3.8) is 0 Å². The van der Waals surface area contributed by atoms with Crippen LogP contribution in [0.3, 0.4) is 0 Å². The molecule has 0 spiro atoms. The second-order valence-corrected chi connectivity index (χ2v) is 7.44. The highest BCUT2D eigenvalue weighted by Crippen LogP contribution is 2.41. The van der Waals surface area contributed by atoms with Crippen LogP contribution in [-0.4, -0.2) is 55.1 Å². The van der Waals surface area contributed by atoms with E-state index >= 15 is 0 Å². The van der Waals surface area contributed by atoms with Gasteiger partial charge in [0.15, 0.2) is 0 Å². The van der Waals surface area contributed by atoms with E-state index in [4.69, 9.17) is 5.73 Å². The van der Waals surface area contributed by atoms with Gasteiger partial charge < -0.3 is 10.6 Å². The Hall–Kier alpha value is -0.120.